The van der Waals surface area contributed by atoms with E-state index in [9.17, 15) is 4.39 Å². The maximum Gasteiger partial charge on any atom is 0.148 e. The molecule has 19 heavy (non-hydrogen) atoms. The van der Waals surface area contributed by atoms with Crippen molar-refractivity contribution in [3.05, 3.63) is 24.3 Å². The second-order valence-electron chi connectivity index (χ2n) is 4.30. The normalized spacial score (nSPS) is 15.8. The maximum atomic E-state index is 13.7. The van der Waals surface area contributed by atoms with Crippen molar-refractivity contribution in [2.24, 2.45) is 0 Å². The number of nitrogens with zero attached hydrogens (tertiary/aromatic N) is 3. The van der Waals surface area contributed by atoms with Crippen LogP contribution in [-0.2, 0) is 0 Å². The molecule has 2 heterocycles. The van der Waals surface area contributed by atoms with E-state index in [0.717, 1.165) is 30.4 Å². The van der Waals surface area contributed by atoms with E-state index in [1.165, 1.54) is 25.6 Å². The number of aromatic nitrogens is 2. The average molecular weight is 279 g/mol. The number of halogens is 1. The molecule has 1 saturated heterocycles. The van der Waals surface area contributed by atoms with Gasteiger partial charge < -0.3 is 9.64 Å². The number of hydrogen-bond acceptors (Lipinski definition) is 5. The molecule has 1 aliphatic rings. The summed E-state index contributed by atoms with van der Waals surface area (Å²) in [7, 11) is 1.52. The zero-order chi connectivity index (χ0) is 13.2. The molecule has 0 aliphatic carbocycles. The molecule has 0 unspecified atom stereocenters. The van der Waals surface area contributed by atoms with Gasteiger partial charge in [-0.25, -0.2) is 14.4 Å². The van der Waals surface area contributed by atoms with E-state index in [1.54, 1.807) is 0 Å². The van der Waals surface area contributed by atoms with Crippen LogP contribution < -0.4 is 9.64 Å². The first-order valence-electron chi connectivity index (χ1n) is 6.10. The zero-order valence-electron chi connectivity index (χ0n) is 10.6. The van der Waals surface area contributed by atoms with E-state index in [2.05, 4.69) is 14.9 Å². The Morgan fingerprint density at radius 3 is 2.79 bits per heavy atom. The van der Waals surface area contributed by atoms with Crippen molar-refractivity contribution in [3.63, 3.8) is 0 Å². The van der Waals surface area contributed by atoms with Crippen molar-refractivity contribution in [1.29, 1.82) is 0 Å². The fraction of sp³-hybridized carbons (Fsp3) is 0.385. The van der Waals surface area contributed by atoms with Crippen LogP contribution in [0, 0.1) is 5.82 Å². The molecule has 0 saturated carbocycles. The Hall–Kier alpha value is -1.56. The highest BCUT2D eigenvalue weighted by molar-refractivity contribution is 7.99. The predicted molar refractivity (Wildman–Crippen MR) is 75.6 cm³/mol. The van der Waals surface area contributed by atoms with Crippen LogP contribution in [0.15, 0.2) is 18.5 Å². The lowest BCUT2D eigenvalue weighted by atomic mass is 10.2. The Morgan fingerprint density at radius 2 is 2.05 bits per heavy atom. The third-order valence-corrected chi connectivity index (χ3v) is 4.12. The summed E-state index contributed by atoms with van der Waals surface area (Å²) in [6.07, 6.45) is 1.51. The van der Waals surface area contributed by atoms with Crippen molar-refractivity contribution in [1.82, 2.24) is 9.97 Å². The lowest BCUT2D eigenvalue weighted by molar-refractivity contribution is 0.415. The molecule has 100 valence electrons. The minimum atomic E-state index is -0.327. The molecular formula is C13H14FN3OS. The highest BCUT2D eigenvalue weighted by Crippen LogP contribution is 2.31. The van der Waals surface area contributed by atoms with Gasteiger partial charge in [-0.3, -0.25) is 0 Å². The molecule has 0 bridgehead atoms. The van der Waals surface area contributed by atoms with Crippen molar-refractivity contribution in [2.45, 2.75) is 0 Å². The second-order valence-corrected chi connectivity index (χ2v) is 5.53. The van der Waals surface area contributed by atoms with Crippen molar-refractivity contribution in [2.75, 3.05) is 36.6 Å². The fourth-order valence-electron chi connectivity index (χ4n) is 2.27. The summed E-state index contributed by atoms with van der Waals surface area (Å²) in [5.74, 6) is 3.05. The van der Waals surface area contributed by atoms with Gasteiger partial charge in [-0.15, -0.1) is 0 Å². The molecule has 1 aliphatic heterocycles. The minimum absolute atomic E-state index is 0.327. The van der Waals surface area contributed by atoms with E-state index >= 15 is 0 Å². The molecule has 0 radical (unpaired) electrons. The number of anilines is 1. The Kier molecular flexibility index (Phi) is 3.42. The van der Waals surface area contributed by atoms with Gasteiger partial charge >= 0.3 is 0 Å². The second kappa shape index (κ2) is 5.21. The third-order valence-electron chi connectivity index (χ3n) is 3.18. The Morgan fingerprint density at radius 1 is 1.26 bits per heavy atom. The molecule has 2 aromatic rings. The Labute approximate surface area is 115 Å². The van der Waals surface area contributed by atoms with Crippen LogP contribution in [0.4, 0.5) is 10.2 Å². The van der Waals surface area contributed by atoms with Gasteiger partial charge in [0.2, 0.25) is 0 Å². The standard InChI is InChI=1S/C13H14FN3OS/c1-18-11-7-9(14)6-10-12(11)15-8-16-13(10)17-2-4-19-5-3-17/h6-8H,2-5H2,1H3. The molecular weight excluding hydrogens is 265 g/mol. The summed E-state index contributed by atoms with van der Waals surface area (Å²) in [6, 6.07) is 2.83. The van der Waals surface area contributed by atoms with Crippen LogP contribution in [0.3, 0.4) is 0 Å². The number of methoxy groups -OCH3 is 1. The molecule has 1 aromatic heterocycles. The van der Waals surface area contributed by atoms with Crippen LogP contribution in [-0.4, -0.2) is 41.7 Å². The smallest absolute Gasteiger partial charge is 0.148 e. The lowest BCUT2D eigenvalue weighted by Gasteiger charge is -2.28. The first-order chi connectivity index (χ1) is 9.29. The molecule has 0 atom stereocenters. The summed E-state index contributed by atoms with van der Waals surface area (Å²) >= 11 is 1.93. The summed E-state index contributed by atoms with van der Waals surface area (Å²) in [6.45, 7) is 1.85. The Balaban J connectivity index is 2.16. The SMILES string of the molecule is COc1cc(F)cc2c(N3CCSCC3)ncnc12. The molecule has 0 amide bonds. The van der Waals surface area contributed by atoms with Crippen LogP contribution in [0.5, 0.6) is 5.75 Å². The molecule has 1 fully saturated rings. The lowest BCUT2D eigenvalue weighted by Crippen LogP contribution is -2.33. The van der Waals surface area contributed by atoms with E-state index < -0.39 is 0 Å². The van der Waals surface area contributed by atoms with Gasteiger partial charge in [0.1, 0.15) is 29.2 Å². The van der Waals surface area contributed by atoms with Gasteiger partial charge in [-0.05, 0) is 6.07 Å². The Bertz CT molecular complexity index is 602. The largest absolute Gasteiger partial charge is 0.494 e. The number of rotatable bonds is 2. The van der Waals surface area contributed by atoms with Crippen molar-refractivity contribution < 1.29 is 9.13 Å². The third kappa shape index (κ3) is 2.32. The molecule has 3 rings (SSSR count). The molecule has 6 heteroatoms. The summed E-state index contributed by atoms with van der Waals surface area (Å²) in [5, 5.41) is 0.714. The molecule has 4 nitrogen and oxygen atoms in total. The fourth-order valence-corrected chi connectivity index (χ4v) is 3.17. The maximum absolute atomic E-state index is 13.7. The number of hydrogen-bond donors (Lipinski definition) is 0. The van der Waals surface area contributed by atoms with E-state index in [-0.39, 0.29) is 5.82 Å². The van der Waals surface area contributed by atoms with Gasteiger partial charge in [0.15, 0.2) is 0 Å². The predicted octanol–water partition coefficient (Wildman–Crippen LogP) is 2.33. The number of thioether (sulfide) groups is 1. The first-order valence-corrected chi connectivity index (χ1v) is 7.26. The summed E-state index contributed by atoms with van der Waals surface area (Å²) in [4.78, 5) is 10.7. The van der Waals surface area contributed by atoms with E-state index in [4.69, 9.17) is 4.74 Å². The van der Waals surface area contributed by atoms with Gasteiger partial charge in [0.05, 0.1) is 7.11 Å². The van der Waals surface area contributed by atoms with Crippen LogP contribution in [0.2, 0.25) is 0 Å². The summed E-state index contributed by atoms with van der Waals surface area (Å²) in [5.41, 5.74) is 0.659. The van der Waals surface area contributed by atoms with E-state index in [1.807, 2.05) is 11.8 Å². The highest BCUT2D eigenvalue weighted by Gasteiger charge is 2.17. The van der Waals surface area contributed by atoms with Crippen LogP contribution in [0.25, 0.3) is 10.9 Å². The van der Waals surface area contributed by atoms with Crippen LogP contribution >= 0.6 is 11.8 Å². The summed E-state index contributed by atoms with van der Waals surface area (Å²) < 4.78 is 18.9. The van der Waals surface area contributed by atoms with Gasteiger partial charge in [0, 0.05) is 36.0 Å². The molecule has 1 aromatic carbocycles. The van der Waals surface area contributed by atoms with Crippen LogP contribution in [0.1, 0.15) is 0 Å². The molecule has 0 N–H and O–H groups in total. The van der Waals surface area contributed by atoms with Gasteiger partial charge in [0.25, 0.3) is 0 Å². The number of benzene rings is 1. The zero-order valence-corrected chi connectivity index (χ0v) is 11.4. The molecule has 0 spiro atoms. The van der Waals surface area contributed by atoms with Crippen molar-refractivity contribution >= 4 is 28.5 Å². The van der Waals surface area contributed by atoms with Gasteiger partial charge in [-0.2, -0.15) is 11.8 Å². The number of ether oxygens (including phenoxy) is 1. The van der Waals surface area contributed by atoms with Gasteiger partial charge in [-0.1, -0.05) is 0 Å². The number of fused-ring (bicyclic) bond motifs is 1. The topological polar surface area (TPSA) is 38.2 Å². The first kappa shape index (κ1) is 12.5. The monoisotopic (exact) mass is 279 g/mol. The highest BCUT2D eigenvalue weighted by atomic mass is 32.2. The van der Waals surface area contributed by atoms with E-state index in [0.29, 0.717) is 16.7 Å². The average Bonchev–Trinajstić information content (AvgIpc) is 2.46. The minimum Gasteiger partial charge on any atom is -0.494 e. The quantitative estimate of drug-likeness (QED) is 0.843. The van der Waals surface area contributed by atoms with Crippen molar-refractivity contribution in [3.8, 4) is 5.75 Å².